The molecule has 0 radical (unpaired) electrons. The zero-order chi connectivity index (χ0) is 15.7. The Kier molecular flexibility index (Phi) is 4.48. The van der Waals surface area contributed by atoms with Gasteiger partial charge in [0.1, 0.15) is 0 Å². The summed E-state index contributed by atoms with van der Waals surface area (Å²) in [7, 11) is 1.65. The minimum Gasteiger partial charge on any atom is -0.473 e. The average Bonchev–Trinajstić information content (AvgIpc) is 2.71. The molecular weight excluding hydrogens is 344 g/mol. The standard InChI is InChI=1S/C13H15BrN2O5/c1-7(17)9-5-8(14)6-10(16(19)20)12(9)21-11-3-4-15(2)13(11)18/h5-7,11,17H,3-4H2,1-2H3. The van der Waals surface area contributed by atoms with Crippen LogP contribution < -0.4 is 4.74 Å². The van der Waals surface area contributed by atoms with Crippen LogP contribution in [0.4, 0.5) is 5.69 Å². The Morgan fingerprint density at radius 1 is 1.57 bits per heavy atom. The highest BCUT2D eigenvalue weighted by Crippen LogP contribution is 2.39. The Balaban J connectivity index is 2.45. The molecule has 1 aromatic carbocycles. The van der Waals surface area contributed by atoms with Gasteiger partial charge >= 0.3 is 5.69 Å². The van der Waals surface area contributed by atoms with E-state index in [0.717, 1.165) is 0 Å². The second-order valence-corrected chi connectivity index (χ2v) is 5.85. The van der Waals surface area contributed by atoms with Crippen LogP contribution >= 0.6 is 15.9 Å². The van der Waals surface area contributed by atoms with Crippen LogP contribution in [-0.2, 0) is 4.79 Å². The molecule has 8 heteroatoms. The van der Waals surface area contributed by atoms with Crippen molar-refractivity contribution in [2.75, 3.05) is 13.6 Å². The third-order valence-corrected chi connectivity index (χ3v) is 3.81. The molecule has 0 aromatic heterocycles. The molecule has 1 aliphatic heterocycles. The minimum absolute atomic E-state index is 0.0492. The molecule has 7 nitrogen and oxygen atoms in total. The van der Waals surface area contributed by atoms with Crippen molar-refractivity contribution >= 4 is 27.5 Å². The number of aliphatic hydroxyl groups is 1. The maximum atomic E-state index is 11.9. The summed E-state index contributed by atoms with van der Waals surface area (Å²) in [5.74, 6) is -0.268. The van der Waals surface area contributed by atoms with Crippen LogP contribution in [0.2, 0.25) is 0 Å². The maximum Gasteiger partial charge on any atom is 0.312 e. The number of nitro benzene ring substituents is 1. The Morgan fingerprint density at radius 2 is 2.24 bits per heavy atom. The number of ether oxygens (including phenoxy) is 1. The molecule has 21 heavy (non-hydrogen) atoms. The predicted octanol–water partition coefficient (Wildman–Crippen LogP) is 2.02. The van der Waals surface area contributed by atoms with E-state index >= 15 is 0 Å². The fourth-order valence-electron chi connectivity index (χ4n) is 2.22. The Bertz CT molecular complexity index is 590. The van der Waals surface area contributed by atoms with Crippen LogP contribution in [0.3, 0.4) is 0 Å². The number of carbonyl (C=O) groups is 1. The molecule has 2 atom stereocenters. The van der Waals surface area contributed by atoms with E-state index in [1.807, 2.05) is 0 Å². The summed E-state index contributed by atoms with van der Waals surface area (Å²) in [5, 5.41) is 21.0. The van der Waals surface area contributed by atoms with Crippen molar-refractivity contribution in [3.05, 3.63) is 32.3 Å². The van der Waals surface area contributed by atoms with Gasteiger partial charge in [0.2, 0.25) is 5.75 Å². The second-order valence-electron chi connectivity index (χ2n) is 4.93. The van der Waals surface area contributed by atoms with Gasteiger partial charge in [0.05, 0.1) is 11.0 Å². The van der Waals surface area contributed by atoms with Crippen LogP contribution in [0.5, 0.6) is 5.75 Å². The van der Waals surface area contributed by atoms with E-state index in [1.54, 1.807) is 13.1 Å². The third-order valence-electron chi connectivity index (χ3n) is 3.35. The van der Waals surface area contributed by atoms with E-state index in [9.17, 15) is 20.0 Å². The van der Waals surface area contributed by atoms with Crippen LogP contribution in [0.15, 0.2) is 16.6 Å². The first-order valence-corrected chi connectivity index (χ1v) is 7.18. The molecule has 2 rings (SSSR count). The number of likely N-dealkylation sites (tertiary alicyclic amines) is 1. The first-order valence-electron chi connectivity index (χ1n) is 6.38. The molecule has 0 aliphatic carbocycles. The summed E-state index contributed by atoms with van der Waals surface area (Å²) >= 11 is 3.17. The molecule has 1 amide bonds. The van der Waals surface area contributed by atoms with Gasteiger partial charge in [0.15, 0.2) is 6.10 Å². The summed E-state index contributed by atoms with van der Waals surface area (Å²) < 4.78 is 6.05. The lowest BCUT2D eigenvalue weighted by Crippen LogP contribution is -2.30. The van der Waals surface area contributed by atoms with Gasteiger partial charge in [-0.15, -0.1) is 0 Å². The van der Waals surface area contributed by atoms with E-state index < -0.39 is 17.1 Å². The van der Waals surface area contributed by atoms with Crippen molar-refractivity contribution in [3.63, 3.8) is 0 Å². The lowest BCUT2D eigenvalue weighted by Gasteiger charge is -2.17. The summed E-state index contributed by atoms with van der Waals surface area (Å²) in [6.45, 7) is 2.03. The molecule has 1 aromatic rings. The zero-order valence-electron chi connectivity index (χ0n) is 11.6. The maximum absolute atomic E-state index is 11.9. The molecule has 1 heterocycles. The Morgan fingerprint density at radius 3 is 2.71 bits per heavy atom. The average molecular weight is 359 g/mol. The Hall–Kier alpha value is -1.67. The summed E-state index contributed by atoms with van der Waals surface area (Å²) in [6.07, 6.45) is -1.25. The number of carbonyl (C=O) groups excluding carboxylic acids is 1. The number of nitro groups is 1. The molecule has 0 bridgehead atoms. The molecule has 2 unspecified atom stereocenters. The highest BCUT2D eigenvalue weighted by molar-refractivity contribution is 9.10. The summed E-state index contributed by atoms with van der Waals surface area (Å²) in [5.41, 5.74) is 0.000978. The van der Waals surface area contributed by atoms with Gasteiger partial charge < -0.3 is 14.7 Å². The van der Waals surface area contributed by atoms with Crippen LogP contribution in [0.1, 0.15) is 25.0 Å². The molecule has 0 saturated carbocycles. The van der Waals surface area contributed by atoms with Gasteiger partial charge in [-0.3, -0.25) is 14.9 Å². The van der Waals surface area contributed by atoms with Crippen molar-refractivity contribution < 1.29 is 19.6 Å². The van der Waals surface area contributed by atoms with Gasteiger partial charge in [-0.25, -0.2) is 0 Å². The second kappa shape index (κ2) is 5.98. The number of likely N-dealkylation sites (N-methyl/N-ethyl adjacent to an activating group) is 1. The quantitative estimate of drug-likeness (QED) is 0.656. The number of hydrogen-bond acceptors (Lipinski definition) is 5. The molecule has 1 N–H and O–H groups in total. The first kappa shape index (κ1) is 15.7. The number of benzene rings is 1. The van der Waals surface area contributed by atoms with Crippen LogP contribution in [0, 0.1) is 10.1 Å². The molecular formula is C13H15BrN2O5. The van der Waals surface area contributed by atoms with E-state index in [0.29, 0.717) is 17.4 Å². The van der Waals surface area contributed by atoms with Crippen molar-refractivity contribution in [1.82, 2.24) is 4.90 Å². The van der Waals surface area contributed by atoms with Crippen LogP contribution in [-0.4, -0.2) is 40.5 Å². The number of amides is 1. The number of aliphatic hydroxyl groups excluding tert-OH is 1. The summed E-state index contributed by atoms with van der Waals surface area (Å²) in [6, 6.07) is 2.85. The van der Waals surface area contributed by atoms with Crippen molar-refractivity contribution in [1.29, 1.82) is 0 Å². The number of rotatable bonds is 4. The van der Waals surface area contributed by atoms with Crippen LogP contribution in [0.25, 0.3) is 0 Å². The smallest absolute Gasteiger partial charge is 0.312 e. The highest BCUT2D eigenvalue weighted by atomic mass is 79.9. The molecule has 1 fully saturated rings. The fourth-order valence-corrected chi connectivity index (χ4v) is 2.68. The van der Waals surface area contributed by atoms with Gasteiger partial charge in [0.25, 0.3) is 5.91 Å². The third kappa shape index (κ3) is 3.16. The molecule has 1 aliphatic rings. The largest absolute Gasteiger partial charge is 0.473 e. The number of halogens is 1. The summed E-state index contributed by atoms with van der Waals surface area (Å²) in [4.78, 5) is 24.0. The first-order chi connectivity index (χ1) is 9.81. The van der Waals surface area contributed by atoms with Crippen molar-refractivity contribution in [2.45, 2.75) is 25.6 Å². The molecule has 0 spiro atoms. The van der Waals surface area contributed by atoms with Gasteiger partial charge in [-0.2, -0.15) is 0 Å². The predicted molar refractivity (Wildman–Crippen MR) is 78.1 cm³/mol. The van der Waals surface area contributed by atoms with Gasteiger partial charge in [-0.05, 0) is 13.0 Å². The van der Waals surface area contributed by atoms with Crippen molar-refractivity contribution in [2.24, 2.45) is 0 Å². The van der Waals surface area contributed by atoms with Crippen molar-refractivity contribution in [3.8, 4) is 5.75 Å². The normalized spacial score (nSPS) is 19.7. The van der Waals surface area contributed by atoms with E-state index in [1.165, 1.54) is 17.9 Å². The molecule has 1 saturated heterocycles. The van der Waals surface area contributed by atoms with E-state index in [-0.39, 0.29) is 22.9 Å². The Labute approximate surface area is 129 Å². The number of hydrogen-bond donors (Lipinski definition) is 1. The van der Waals surface area contributed by atoms with E-state index in [2.05, 4.69) is 15.9 Å². The highest BCUT2D eigenvalue weighted by Gasteiger charge is 2.34. The lowest BCUT2D eigenvalue weighted by molar-refractivity contribution is -0.386. The fraction of sp³-hybridized carbons (Fsp3) is 0.462. The molecule has 114 valence electrons. The van der Waals surface area contributed by atoms with Gasteiger partial charge in [-0.1, -0.05) is 15.9 Å². The van der Waals surface area contributed by atoms with Gasteiger partial charge in [0, 0.05) is 36.1 Å². The topological polar surface area (TPSA) is 92.9 Å². The SMILES string of the molecule is CC(O)c1cc(Br)cc([N+](=O)[O-])c1OC1CCN(C)C1=O. The minimum atomic E-state index is -0.953. The van der Waals surface area contributed by atoms with E-state index in [4.69, 9.17) is 4.74 Å². The number of nitrogens with zero attached hydrogens (tertiary/aromatic N) is 2. The lowest BCUT2D eigenvalue weighted by atomic mass is 10.1. The monoisotopic (exact) mass is 358 g/mol. The zero-order valence-corrected chi connectivity index (χ0v) is 13.2.